The number of carbonyl (C=O) groups is 1. The van der Waals surface area contributed by atoms with E-state index < -0.39 is 13.7 Å². The van der Waals surface area contributed by atoms with E-state index in [9.17, 15) is 9.36 Å². The molecule has 1 atom stereocenters. The van der Waals surface area contributed by atoms with E-state index in [4.69, 9.17) is 10.00 Å². The molecule has 0 amide bonds. The van der Waals surface area contributed by atoms with Crippen LogP contribution in [-0.4, -0.2) is 15.7 Å². The summed E-state index contributed by atoms with van der Waals surface area (Å²) in [5, 5.41) is 7.47. The van der Waals surface area contributed by atoms with Gasteiger partial charge in [0.05, 0.1) is 0 Å². The van der Waals surface area contributed by atoms with Gasteiger partial charge in [0.25, 0.3) is 8.03 Å². The summed E-state index contributed by atoms with van der Waals surface area (Å²) in [6, 6.07) is 0. The Morgan fingerprint density at radius 3 is 1.83 bits per heavy atom. The van der Waals surface area contributed by atoms with Crippen molar-refractivity contribution in [3.8, 4) is 0 Å². The quantitative estimate of drug-likeness (QED) is 0.470. The van der Waals surface area contributed by atoms with Gasteiger partial charge in [0.1, 0.15) is 0 Å². The molecule has 36 valence electrons. The molecule has 0 rings (SSSR count). The first-order valence-electron chi connectivity index (χ1n) is 1.11. The van der Waals surface area contributed by atoms with Gasteiger partial charge in [-0.15, -0.1) is 0 Å². The Labute approximate surface area is 34.3 Å². The molecule has 5 heteroatoms. The average Bonchev–Trinajstić information content (AvgIpc) is 1.36. The molecule has 0 saturated heterocycles. The predicted molar refractivity (Wildman–Crippen MR) is 19.2 cm³/mol. The van der Waals surface area contributed by atoms with Crippen LogP contribution in [0.2, 0.25) is 0 Å². The molecule has 0 aromatic rings. The fourth-order valence-electron chi connectivity index (χ4n) is 0. The first-order chi connectivity index (χ1) is 2.64. The molecule has 0 saturated carbocycles. The van der Waals surface area contributed by atoms with Crippen LogP contribution in [0.15, 0.2) is 0 Å². The van der Waals surface area contributed by atoms with Gasteiger partial charge in [-0.25, -0.2) is 4.79 Å². The molecular weight excluding hydrogens is 107 g/mol. The van der Waals surface area contributed by atoms with Gasteiger partial charge in [0.2, 0.25) is 0 Å². The molecule has 0 fully saturated rings. The zero-order valence-electron chi connectivity index (χ0n) is 2.71. The second-order valence-corrected chi connectivity index (χ2v) is 1.65. The third-order valence-electron chi connectivity index (χ3n) is 0.183. The summed E-state index contributed by atoms with van der Waals surface area (Å²) in [7, 11) is -3.28. The van der Waals surface area contributed by atoms with E-state index in [0.29, 0.717) is 0 Å². The Balaban J connectivity index is 3.57. The van der Waals surface area contributed by atoms with Crippen molar-refractivity contribution in [2.45, 2.75) is 0 Å². The van der Waals surface area contributed by atoms with Crippen molar-refractivity contribution in [2.75, 3.05) is 0 Å². The van der Waals surface area contributed by atoms with Gasteiger partial charge >= 0.3 is 5.71 Å². The highest BCUT2D eigenvalue weighted by Gasteiger charge is 1.98. The summed E-state index contributed by atoms with van der Waals surface area (Å²) in [6.07, 6.45) is 0. The number of carboxylic acid groups (broad SMARTS) is 1. The molecule has 2 N–H and O–H groups in total. The molecule has 1 unspecified atom stereocenters. The first kappa shape index (κ1) is 5.66. The Kier molecular flexibility index (Phi) is 1.84. The molecule has 0 aromatic carbocycles. The van der Waals surface area contributed by atoms with E-state index in [1.165, 1.54) is 0 Å². The molecule has 4 nitrogen and oxygen atoms in total. The van der Waals surface area contributed by atoms with Crippen LogP contribution < -0.4 is 0 Å². The average molecular weight is 110 g/mol. The van der Waals surface area contributed by atoms with Crippen LogP contribution >= 0.6 is 8.03 Å². The molecule has 0 radical (unpaired) electrons. The lowest BCUT2D eigenvalue weighted by Gasteiger charge is -1.74. The highest BCUT2D eigenvalue weighted by Crippen LogP contribution is 2.11. The fourth-order valence-corrected chi connectivity index (χ4v) is 0. The van der Waals surface area contributed by atoms with Gasteiger partial charge < -0.3 is 10.00 Å². The summed E-state index contributed by atoms with van der Waals surface area (Å²) in [5.74, 6) is 0. The third-order valence-corrected chi connectivity index (χ3v) is 0.549. The van der Waals surface area contributed by atoms with Crippen molar-refractivity contribution in [3.05, 3.63) is 0 Å². The van der Waals surface area contributed by atoms with Crippen molar-refractivity contribution in [3.63, 3.8) is 0 Å². The van der Waals surface area contributed by atoms with E-state index in [1.807, 2.05) is 0 Å². The SMILES string of the molecule is O=C(O)[PH](=O)O. The second kappa shape index (κ2) is 1.95. The van der Waals surface area contributed by atoms with Crippen LogP contribution in [-0.2, 0) is 4.57 Å². The maximum Gasteiger partial charge on any atom is 0.385 e. The molecule has 0 aliphatic carbocycles. The maximum absolute atomic E-state index is 9.28. The molecular formula is CH3O4P. The molecule has 0 aromatic heterocycles. The summed E-state index contributed by atoms with van der Waals surface area (Å²) >= 11 is 0. The minimum atomic E-state index is -3.28. The third kappa shape index (κ3) is 1.93. The van der Waals surface area contributed by atoms with Crippen molar-refractivity contribution >= 4 is 13.7 Å². The number of hydrogen-bond donors (Lipinski definition) is 2. The van der Waals surface area contributed by atoms with Gasteiger partial charge in [-0.05, 0) is 0 Å². The molecule has 0 heterocycles. The van der Waals surface area contributed by atoms with Gasteiger partial charge in [0, 0.05) is 0 Å². The van der Waals surface area contributed by atoms with Crippen molar-refractivity contribution in [2.24, 2.45) is 0 Å². The summed E-state index contributed by atoms with van der Waals surface area (Å²) < 4.78 is 9.28. The lowest BCUT2D eigenvalue weighted by atomic mass is 11.6. The Hall–Kier alpha value is -0.340. The van der Waals surface area contributed by atoms with Crippen molar-refractivity contribution < 1.29 is 19.4 Å². The van der Waals surface area contributed by atoms with Crippen LogP contribution in [0.5, 0.6) is 0 Å². The normalized spacial score (nSPS) is 13.5. The first-order valence-corrected chi connectivity index (χ1v) is 2.46. The smallest absolute Gasteiger partial charge is 0.385 e. The van der Waals surface area contributed by atoms with Gasteiger partial charge in [0.15, 0.2) is 0 Å². The largest absolute Gasteiger partial charge is 0.474 e. The summed E-state index contributed by atoms with van der Waals surface area (Å²) in [4.78, 5) is 16.8. The minimum Gasteiger partial charge on any atom is -0.474 e. The zero-order valence-corrected chi connectivity index (χ0v) is 3.71. The van der Waals surface area contributed by atoms with Crippen LogP contribution in [0.3, 0.4) is 0 Å². The van der Waals surface area contributed by atoms with E-state index in [1.54, 1.807) is 0 Å². The second-order valence-electron chi connectivity index (χ2n) is 0.610. The fraction of sp³-hybridized carbons (Fsp3) is 0. The van der Waals surface area contributed by atoms with Gasteiger partial charge in [-0.2, -0.15) is 0 Å². The van der Waals surface area contributed by atoms with Crippen LogP contribution in [0, 0.1) is 0 Å². The lowest BCUT2D eigenvalue weighted by molar-refractivity contribution is 0.217. The highest BCUT2D eigenvalue weighted by atomic mass is 31.1. The number of hydrogen-bond acceptors (Lipinski definition) is 2. The highest BCUT2D eigenvalue weighted by molar-refractivity contribution is 7.57. The Bertz CT molecular complexity index is 73.5. The lowest BCUT2D eigenvalue weighted by Crippen LogP contribution is -1.77. The standard InChI is InChI=1S/CH3O4P/c2-1(3)6(4)5/h6H,(H,2,3)(H,4,5). The van der Waals surface area contributed by atoms with Gasteiger partial charge in [-0.3, -0.25) is 4.57 Å². The number of rotatable bonds is 1. The summed E-state index contributed by atoms with van der Waals surface area (Å²) in [5.41, 5.74) is -1.64. The minimum absolute atomic E-state index is 1.64. The topological polar surface area (TPSA) is 74.6 Å². The Morgan fingerprint density at radius 2 is 1.83 bits per heavy atom. The zero-order chi connectivity index (χ0) is 5.15. The summed E-state index contributed by atoms with van der Waals surface area (Å²) in [6.45, 7) is 0. The molecule has 0 aliphatic rings. The van der Waals surface area contributed by atoms with E-state index in [-0.39, 0.29) is 0 Å². The maximum atomic E-state index is 9.28. The van der Waals surface area contributed by atoms with Crippen LogP contribution in [0.1, 0.15) is 0 Å². The van der Waals surface area contributed by atoms with Crippen molar-refractivity contribution in [1.82, 2.24) is 0 Å². The van der Waals surface area contributed by atoms with Crippen molar-refractivity contribution in [1.29, 1.82) is 0 Å². The van der Waals surface area contributed by atoms with E-state index >= 15 is 0 Å². The van der Waals surface area contributed by atoms with Gasteiger partial charge in [-0.1, -0.05) is 0 Å². The van der Waals surface area contributed by atoms with Crippen LogP contribution in [0.25, 0.3) is 0 Å². The van der Waals surface area contributed by atoms with Crippen LogP contribution in [0.4, 0.5) is 4.79 Å². The molecule has 0 aliphatic heterocycles. The van der Waals surface area contributed by atoms with E-state index in [0.717, 1.165) is 0 Å². The predicted octanol–water partition coefficient (Wildman–Crippen LogP) is 0.131. The monoisotopic (exact) mass is 110 g/mol. The Morgan fingerprint density at radius 1 is 1.67 bits per heavy atom. The van der Waals surface area contributed by atoms with E-state index in [2.05, 4.69) is 0 Å². The molecule has 0 spiro atoms. The molecule has 0 bridgehead atoms. The molecule has 6 heavy (non-hydrogen) atoms.